The minimum Gasteiger partial charge on any atom is -0.349 e. The second kappa shape index (κ2) is 8.83. The summed E-state index contributed by atoms with van der Waals surface area (Å²) in [6, 6.07) is 10.8. The van der Waals surface area contributed by atoms with Crippen molar-refractivity contribution in [3.63, 3.8) is 0 Å². The third-order valence-electron chi connectivity index (χ3n) is 5.26. The van der Waals surface area contributed by atoms with Crippen molar-refractivity contribution in [1.29, 1.82) is 0 Å². The summed E-state index contributed by atoms with van der Waals surface area (Å²) in [6.45, 7) is 3.86. The lowest BCUT2D eigenvalue weighted by molar-refractivity contribution is 0.458. The van der Waals surface area contributed by atoms with Crippen molar-refractivity contribution in [3.05, 3.63) is 47.5 Å². The van der Waals surface area contributed by atoms with E-state index < -0.39 is 0 Å². The Kier molecular flexibility index (Phi) is 6.50. The first kappa shape index (κ1) is 19.1. The van der Waals surface area contributed by atoms with E-state index in [4.69, 9.17) is 0 Å². The molecule has 1 fully saturated rings. The van der Waals surface area contributed by atoms with Gasteiger partial charge in [0, 0.05) is 33.1 Å². The average molecular weight is 466 g/mol. The van der Waals surface area contributed by atoms with E-state index >= 15 is 0 Å². The predicted molar refractivity (Wildman–Crippen MR) is 114 cm³/mol. The van der Waals surface area contributed by atoms with Crippen molar-refractivity contribution in [3.8, 4) is 0 Å². The number of nitrogens with zero attached hydrogens (tertiary/aromatic N) is 5. The van der Waals surface area contributed by atoms with Gasteiger partial charge in [-0.15, -0.1) is 34.2 Å². The van der Waals surface area contributed by atoms with Crippen LogP contribution in [0.4, 0.5) is 0 Å². The van der Waals surface area contributed by atoms with Crippen LogP contribution in [0.2, 0.25) is 0 Å². The summed E-state index contributed by atoms with van der Waals surface area (Å²) in [6.07, 6.45) is 4.59. The molecule has 1 atom stereocenters. The van der Waals surface area contributed by atoms with Gasteiger partial charge in [-0.25, -0.2) is 0 Å². The SMILES string of the molecule is CN=C(NCc1nnc2n1CCC2)N1CCC(Cc2ccccc2)C1.I. The van der Waals surface area contributed by atoms with Gasteiger partial charge in [0.1, 0.15) is 5.82 Å². The van der Waals surface area contributed by atoms with E-state index in [9.17, 15) is 0 Å². The topological polar surface area (TPSA) is 58.3 Å². The molecule has 140 valence electrons. The first-order valence-electron chi connectivity index (χ1n) is 9.24. The molecule has 2 aliphatic heterocycles. The number of fused-ring (bicyclic) bond motifs is 1. The number of aliphatic imine (C=N–C) groups is 1. The van der Waals surface area contributed by atoms with E-state index in [0.29, 0.717) is 12.5 Å². The zero-order chi connectivity index (χ0) is 17.1. The van der Waals surface area contributed by atoms with Gasteiger partial charge in [-0.1, -0.05) is 30.3 Å². The highest BCUT2D eigenvalue weighted by atomic mass is 127. The van der Waals surface area contributed by atoms with Crippen LogP contribution in [0.1, 0.15) is 30.1 Å². The van der Waals surface area contributed by atoms with Crippen molar-refractivity contribution in [2.45, 2.75) is 38.8 Å². The molecule has 6 nitrogen and oxygen atoms in total. The van der Waals surface area contributed by atoms with Crippen LogP contribution < -0.4 is 5.32 Å². The molecule has 7 heteroatoms. The fraction of sp³-hybridized carbons (Fsp3) is 0.526. The number of aryl methyl sites for hydroxylation is 1. The lowest BCUT2D eigenvalue weighted by atomic mass is 9.99. The molecule has 2 aromatic rings. The van der Waals surface area contributed by atoms with E-state index in [2.05, 4.69) is 60.3 Å². The Morgan fingerprint density at radius 1 is 1.23 bits per heavy atom. The number of halogens is 1. The average Bonchev–Trinajstić information content (AvgIpc) is 3.35. The van der Waals surface area contributed by atoms with E-state index in [-0.39, 0.29) is 24.0 Å². The Bertz CT molecular complexity index is 742. The number of nitrogens with one attached hydrogen (secondary N) is 1. The van der Waals surface area contributed by atoms with Crippen molar-refractivity contribution in [2.24, 2.45) is 10.9 Å². The summed E-state index contributed by atoms with van der Waals surface area (Å²) in [7, 11) is 1.86. The summed E-state index contributed by atoms with van der Waals surface area (Å²) in [5.41, 5.74) is 1.43. The standard InChI is InChI=1S/C19H26N6.HI/c1-20-19(21-13-18-23-22-17-8-5-10-25(17)18)24-11-9-16(14-24)12-15-6-3-2-4-7-15;/h2-4,6-7,16H,5,8-14H2,1H3,(H,20,21);1H. The number of rotatable bonds is 4. The fourth-order valence-electron chi connectivity index (χ4n) is 3.97. The van der Waals surface area contributed by atoms with Crippen LogP contribution in [-0.4, -0.2) is 45.8 Å². The van der Waals surface area contributed by atoms with Gasteiger partial charge in [-0.3, -0.25) is 4.99 Å². The molecule has 0 amide bonds. The van der Waals surface area contributed by atoms with Crippen LogP contribution in [-0.2, 0) is 25.9 Å². The Balaban J connectivity index is 0.00000196. The largest absolute Gasteiger partial charge is 0.349 e. The van der Waals surface area contributed by atoms with Crippen LogP contribution >= 0.6 is 24.0 Å². The van der Waals surface area contributed by atoms with Gasteiger partial charge in [0.25, 0.3) is 0 Å². The predicted octanol–water partition coefficient (Wildman–Crippen LogP) is 2.48. The molecule has 0 radical (unpaired) electrons. The second-order valence-electron chi connectivity index (χ2n) is 6.98. The van der Waals surface area contributed by atoms with Gasteiger partial charge in [0.2, 0.25) is 0 Å². The maximum Gasteiger partial charge on any atom is 0.194 e. The summed E-state index contributed by atoms with van der Waals surface area (Å²) < 4.78 is 2.24. The van der Waals surface area contributed by atoms with Crippen molar-refractivity contribution >= 4 is 29.9 Å². The highest BCUT2D eigenvalue weighted by Crippen LogP contribution is 2.21. The molecular weight excluding hydrogens is 439 g/mol. The van der Waals surface area contributed by atoms with Crippen LogP contribution in [0.25, 0.3) is 0 Å². The van der Waals surface area contributed by atoms with Crippen LogP contribution in [0.5, 0.6) is 0 Å². The number of hydrogen-bond acceptors (Lipinski definition) is 3. The Hall–Kier alpha value is -1.64. The molecule has 26 heavy (non-hydrogen) atoms. The second-order valence-corrected chi connectivity index (χ2v) is 6.98. The van der Waals surface area contributed by atoms with Crippen LogP contribution in [0.15, 0.2) is 35.3 Å². The molecule has 0 bridgehead atoms. The van der Waals surface area contributed by atoms with Crippen LogP contribution in [0, 0.1) is 5.92 Å². The summed E-state index contributed by atoms with van der Waals surface area (Å²) >= 11 is 0. The molecule has 3 heterocycles. The van der Waals surface area contributed by atoms with Crippen molar-refractivity contribution < 1.29 is 0 Å². The molecule has 0 aliphatic carbocycles. The molecule has 0 spiro atoms. The van der Waals surface area contributed by atoms with E-state index in [0.717, 1.165) is 50.1 Å². The van der Waals surface area contributed by atoms with Crippen molar-refractivity contribution in [1.82, 2.24) is 25.0 Å². The fourth-order valence-corrected chi connectivity index (χ4v) is 3.97. The molecule has 4 rings (SSSR count). The van der Waals surface area contributed by atoms with E-state index in [1.54, 1.807) is 0 Å². The molecule has 2 aliphatic rings. The number of guanidine groups is 1. The quantitative estimate of drug-likeness (QED) is 0.428. The number of benzene rings is 1. The van der Waals surface area contributed by atoms with E-state index in [1.165, 1.54) is 18.4 Å². The first-order chi connectivity index (χ1) is 12.3. The Labute approximate surface area is 172 Å². The zero-order valence-electron chi connectivity index (χ0n) is 15.3. The molecule has 1 aromatic heterocycles. The first-order valence-corrected chi connectivity index (χ1v) is 9.24. The number of likely N-dealkylation sites (tertiary alicyclic amines) is 1. The zero-order valence-corrected chi connectivity index (χ0v) is 17.6. The lowest BCUT2D eigenvalue weighted by Crippen LogP contribution is -2.40. The van der Waals surface area contributed by atoms with Crippen molar-refractivity contribution in [2.75, 3.05) is 20.1 Å². The van der Waals surface area contributed by atoms with Gasteiger partial charge in [-0.05, 0) is 30.7 Å². The van der Waals surface area contributed by atoms with Crippen LogP contribution in [0.3, 0.4) is 0 Å². The Morgan fingerprint density at radius 3 is 2.88 bits per heavy atom. The summed E-state index contributed by atoms with van der Waals surface area (Å²) in [4.78, 5) is 6.85. The highest BCUT2D eigenvalue weighted by molar-refractivity contribution is 14.0. The minimum absolute atomic E-state index is 0. The monoisotopic (exact) mass is 466 g/mol. The molecule has 1 N–H and O–H groups in total. The number of aromatic nitrogens is 3. The maximum absolute atomic E-state index is 4.48. The normalized spacial score (nSPS) is 19.3. The third kappa shape index (κ3) is 4.19. The highest BCUT2D eigenvalue weighted by Gasteiger charge is 2.25. The lowest BCUT2D eigenvalue weighted by Gasteiger charge is -2.21. The molecular formula is C19H27IN6. The minimum atomic E-state index is 0. The summed E-state index contributed by atoms with van der Waals surface area (Å²) in [5.74, 6) is 3.81. The summed E-state index contributed by atoms with van der Waals surface area (Å²) in [5, 5.41) is 12.1. The van der Waals surface area contributed by atoms with Gasteiger partial charge < -0.3 is 14.8 Å². The van der Waals surface area contributed by atoms with Gasteiger partial charge >= 0.3 is 0 Å². The van der Waals surface area contributed by atoms with E-state index in [1.807, 2.05) is 7.05 Å². The number of hydrogen-bond donors (Lipinski definition) is 1. The van der Waals surface area contributed by atoms with Gasteiger partial charge in [-0.2, -0.15) is 0 Å². The third-order valence-corrected chi connectivity index (χ3v) is 5.26. The molecule has 1 aromatic carbocycles. The molecule has 1 saturated heterocycles. The van der Waals surface area contributed by atoms with Gasteiger partial charge in [0.15, 0.2) is 11.8 Å². The maximum atomic E-state index is 4.48. The smallest absolute Gasteiger partial charge is 0.194 e. The molecule has 1 unspecified atom stereocenters. The Morgan fingerprint density at radius 2 is 2.08 bits per heavy atom. The van der Waals surface area contributed by atoms with Gasteiger partial charge in [0.05, 0.1) is 6.54 Å². The molecule has 0 saturated carbocycles.